The molecular weight excluding hydrogens is 476 g/mol. The maximum atomic E-state index is 13.0. The van der Waals surface area contributed by atoms with Crippen LogP contribution in [0.4, 0.5) is 4.79 Å². The zero-order valence-corrected chi connectivity index (χ0v) is 23.2. The monoisotopic (exact) mass is 516 g/mol. The number of likely N-dealkylation sites (tertiary alicyclic amines) is 1. The fourth-order valence-electron chi connectivity index (χ4n) is 6.04. The first-order chi connectivity index (χ1) is 18.3. The van der Waals surface area contributed by atoms with Gasteiger partial charge < -0.3 is 9.47 Å². The number of pyridine rings is 2. The molecule has 6 rings (SSSR count). The van der Waals surface area contributed by atoms with Crippen LogP contribution in [0.15, 0.2) is 30.6 Å². The molecule has 0 spiro atoms. The van der Waals surface area contributed by atoms with E-state index in [1.54, 1.807) is 4.57 Å². The van der Waals surface area contributed by atoms with Crippen molar-refractivity contribution in [1.29, 1.82) is 0 Å². The highest BCUT2D eigenvalue weighted by molar-refractivity contribution is 5.92. The van der Waals surface area contributed by atoms with Crippen molar-refractivity contribution < 1.29 is 14.3 Å². The van der Waals surface area contributed by atoms with Gasteiger partial charge in [-0.2, -0.15) is 0 Å². The third kappa shape index (κ3) is 5.23. The Kier molecular flexibility index (Phi) is 6.77. The molecule has 5 heterocycles. The molecule has 7 nitrogen and oxygen atoms in total. The zero-order chi connectivity index (χ0) is 26.4. The topological polar surface area (TPSA) is 69.5 Å². The number of ether oxygens (including phenoxy) is 2. The number of nitrogens with zero attached hydrogens (tertiary/aromatic N) is 4. The molecule has 7 heteroatoms. The first kappa shape index (κ1) is 25.5. The summed E-state index contributed by atoms with van der Waals surface area (Å²) in [5, 5.41) is 1.03. The molecule has 0 radical (unpaired) electrons. The molecule has 2 aliphatic heterocycles. The minimum atomic E-state index is -0.563. The van der Waals surface area contributed by atoms with Crippen molar-refractivity contribution >= 4 is 17.1 Å². The Morgan fingerprint density at radius 2 is 1.84 bits per heavy atom. The second kappa shape index (κ2) is 10.1. The first-order valence-electron chi connectivity index (χ1n) is 14.3. The van der Waals surface area contributed by atoms with Gasteiger partial charge in [0.25, 0.3) is 0 Å². The fourth-order valence-corrected chi connectivity index (χ4v) is 6.04. The van der Waals surface area contributed by atoms with E-state index in [0.717, 1.165) is 68.6 Å². The number of hydrogen-bond acceptors (Lipinski definition) is 6. The van der Waals surface area contributed by atoms with Crippen molar-refractivity contribution in [2.75, 3.05) is 19.8 Å². The molecule has 2 saturated heterocycles. The standard InChI is InChI=1S/C31H40N4O3/c1-20-6-5-13-34(20)19-28-24(22-11-14-37-15-12-22)9-10-27(33-28)23-16-25-26(21-7-8-21)18-35(29(25)32-17-23)30(36)38-31(2,3)4/h9-10,16-18,20-22H,5-8,11-15,19H2,1-4H3/t20-/m1/s1. The van der Waals surface area contributed by atoms with Gasteiger partial charge in [0.2, 0.25) is 0 Å². The molecule has 3 aromatic heterocycles. The van der Waals surface area contributed by atoms with Crippen LogP contribution < -0.4 is 0 Å². The fraction of sp³-hybridized carbons (Fsp3) is 0.581. The molecule has 0 N–H and O–H groups in total. The van der Waals surface area contributed by atoms with Crippen LogP contribution in [0.3, 0.4) is 0 Å². The van der Waals surface area contributed by atoms with Gasteiger partial charge in [-0.3, -0.25) is 9.88 Å². The van der Waals surface area contributed by atoms with Crippen LogP contribution in [-0.2, 0) is 16.0 Å². The lowest BCUT2D eigenvalue weighted by atomic mass is 9.89. The molecule has 0 unspecified atom stereocenters. The lowest BCUT2D eigenvalue weighted by Crippen LogP contribution is -2.28. The molecule has 0 amide bonds. The summed E-state index contributed by atoms with van der Waals surface area (Å²) in [6.45, 7) is 11.7. The van der Waals surface area contributed by atoms with Crippen molar-refractivity contribution in [2.24, 2.45) is 0 Å². The smallest absolute Gasteiger partial charge is 0.420 e. The van der Waals surface area contributed by atoms with Crippen molar-refractivity contribution in [1.82, 2.24) is 19.4 Å². The highest BCUT2D eigenvalue weighted by Crippen LogP contribution is 2.44. The van der Waals surface area contributed by atoms with Crippen LogP contribution >= 0.6 is 0 Å². The van der Waals surface area contributed by atoms with Gasteiger partial charge in [-0.15, -0.1) is 0 Å². The van der Waals surface area contributed by atoms with Gasteiger partial charge in [-0.25, -0.2) is 14.3 Å². The molecule has 3 aromatic rings. The van der Waals surface area contributed by atoms with Gasteiger partial charge in [0, 0.05) is 49.1 Å². The number of aromatic nitrogens is 3. The highest BCUT2D eigenvalue weighted by atomic mass is 16.6. The predicted molar refractivity (Wildman–Crippen MR) is 148 cm³/mol. The van der Waals surface area contributed by atoms with E-state index in [1.807, 2.05) is 33.2 Å². The van der Waals surface area contributed by atoms with Gasteiger partial charge in [0.1, 0.15) is 11.2 Å². The summed E-state index contributed by atoms with van der Waals surface area (Å²) in [5.74, 6) is 0.984. The SMILES string of the molecule is C[C@@H]1CCCN1Cc1nc(-c2cnc3c(c2)c(C2CC2)cn3C(=O)OC(C)(C)C)ccc1C1CCOCC1. The van der Waals surface area contributed by atoms with Crippen LogP contribution in [0, 0.1) is 0 Å². The zero-order valence-electron chi connectivity index (χ0n) is 23.2. The summed E-state index contributed by atoms with van der Waals surface area (Å²) >= 11 is 0. The third-order valence-corrected chi connectivity index (χ3v) is 8.29. The summed E-state index contributed by atoms with van der Waals surface area (Å²) in [6, 6.07) is 7.23. The molecule has 0 bridgehead atoms. The maximum absolute atomic E-state index is 13.0. The molecule has 3 aliphatic rings. The molecule has 1 atom stereocenters. The Labute approximate surface area is 225 Å². The van der Waals surface area contributed by atoms with Gasteiger partial charge in [-0.05, 0) is 108 Å². The van der Waals surface area contributed by atoms with Crippen LogP contribution in [0.2, 0.25) is 0 Å². The number of hydrogen-bond donors (Lipinski definition) is 0. The Morgan fingerprint density at radius 1 is 1.08 bits per heavy atom. The quantitative estimate of drug-likeness (QED) is 0.379. The normalized spacial score (nSPS) is 21.3. The van der Waals surface area contributed by atoms with Crippen molar-refractivity contribution in [3.05, 3.63) is 47.4 Å². The number of rotatable bonds is 5. The van der Waals surface area contributed by atoms with E-state index < -0.39 is 5.60 Å². The van der Waals surface area contributed by atoms with Crippen LogP contribution in [-0.4, -0.2) is 56.9 Å². The van der Waals surface area contributed by atoms with Crippen molar-refractivity contribution in [3.8, 4) is 11.3 Å². The van der Waals surface area contributed by atoms with Gasteiger partial charge in [-0.1, -0.05) is 6.07 Å². The number of carbonyl (C=O) groups excluding carboxylic acids is 1. The molecule has 1 saturated carbocycles. The lowest BCUT2D eigenvalue weighted by molar-refractivity contribution is 0.0543. The number of carbonyl (C=O) groups is 1. The van der Waals surface area contributed by atoms with E-state index in [2.05, 4.69) is 30.0 Å². The molecule has 3 fully saturated rings. The van der Waals surface area contributed by atoms with E-state index in [1.165, 1.54) is 29.7 Å². The van der Waals surface area contributed by atoms with Crippen LogP contribution in [0.1, 0.15) is 94.9 Å². The minimum Gasteiger partial charge on any atom is -0.443 e. The van der Waals surface area contributed by atoms with E-state index in [0.29, 0.717) is 23.5 Å². The van der Waals surface area contributed by atoms with Crippen molar-refractivity contribution in [2.45, 2.75) is 96.2 Å². The molecule has 202 valence electrons. The largest absolute Gasteiger partial charge is 0.443 e. The summed E-state index contributed by atoms with van der Waals surface area (Å²) in [6.07, 6.45) is 10.3. The Hall–Kier alpha value is -2.77. The minimum absolute atomic E-state index is 0.379. The van der Waals surface area contributed by atoms with E-state index in [-0.39, 0.29) is 6.09 Å². The predicted octanol–water partition coefficient (Wildman–Crippen LogP) is 6.64. The van der Waals surface area contributed by atoms with E-state index in [9.17, 15) is 4.79 Å². The molecule has 0 aromatic carbocycles. The highest BCUT2D eigenvalue weighted by Gasteiger charge is 2.31. The lowest BCUT2D eigenvalue weighted by Gasteiger charge is -2.27. The summed E-state index contributed by atoms with van der Waals surface area (Å²) < 4.78 is 12.9. The van der Waals surface area contributed by atoms with Gasteiger partial charge in [0.05, 0.1) is 11.4 Å². The average Bonchev–Trinajstić information content (AvgIpc) is 3.55. The Balaban J connectivity index is 1.38. The summed E-state index contributed by atoms with van der Waals surface area (Å²) in [5.41, 5.74) is 5.79. The van der Waals surface area contributed by atoms with E-state index in [4.69, 9.17) is 19.4 Å². The van der Waals surface area contributed by atoms with Gasteiger partial charge in [0.15, 0.2) is 0 Å². The maximum Gasteiger partial charge on any atom is 0.420 e. The van der Waals surface area contributed by atoms with Gasteiger partial charge >= 0.3 is 6.09 Å². The molecule has 1 aliphatic carbocycles. The Morgan fingerprint density at radius 3 is 2.53 bits per heavy atom. The first-order valence-corrected chi connectivity index (χ1v) is 14.3. The molecular formula is C31H40N4O3. The van der Waals surface area contributed by atoms with E-state index >= 15 is 0 Å². The summed E-state index contributed by atoms with van der Waals surface area (Å²) in [4.78, 5) is 25.6. The average molecular weight is 517 g/mol. The second-order valence-electron chi connectivity index (χ2n) is 12.4. The van der Waals surface area contributed by atoms with Crippen LogP contribution in [0.5, 0.6) is 0 Å². The second-order valence-corrected chi connectivity index (χ2v) is 12.4. The summed E-state index contributed by atoms with van der Waals surface area (Å²) in [7, 11) is 0. The van der Waals surface area contributed by atoms with Crippen molar-refractivity contribution in [3.63, 3.8) is 0 Å². The Bertz CT molecular complexity index is 1330. The third-order valence-electron chi connectivity index (χ3n) is 8.29. The van der Waals surface area contributed by atoms with Crippen LogP contribution in [0.25, 0.3) is 22.3 Å². The number of fused-ring (bicyclic) bond motifs is 1. The molecule has 38 heavy (non-hydrogen) atoms.